The van der Waals surface area contributed by atoms with Gasteiger partial charge >= 0.3 is 0 Å². The molecule has 0 aromatic heterocycles. The highest BCUT2D eigenvalue weighted by Gasteiger charge is 2.59. The molecule has 1 saturated carbocycles. The molecule has 68 valence electrons. The van der Waals surface area contributed by atoms with E-state index in [9.17, 15) is 4.79 Å². The van der Waals surface area contributed by atoms with Crippen molar-refractivity contribution in [2.24, 2.45) is 11.8 Å². The lowest BCUT2D eigenvalue weighted by Crippen LogP contribution is -2.29. The highest BCUT2D eigenvalue weighted by molar-refractivity contribution is 5.82. The van der Waals surface area contributed by atoms with Crippen LogP contribution < -0.4 is 0 Å². The standard InChI is InChI=1S/C8H13NO3/c1-9(11-2)8(10)6-5-3-4-12-7(5)6/h5-7H,3-4H2,1-2H3. The predicted molar refractivity (Wildman–Crippen MR) is 41.1 cm³/mol. The van der Waals surface area contributed by atoms with Crippen molar-refractivity contribution in [2.75, 3.05) is 20.8 Å². The molecule has 0 N–H and O–H groups in total. The first-order valence-electron chi connectivity index (χ1n) is 4.19. The summed E-state index contributed by atoms with van der Waals surface area (Å²) in [6.45, 7) is 0.815. The van der Waals surface area contributed by atoms with E-state index in [1.165, 1.54) is 12.2 Å². The molecule has 0 bridgehead atoms. The van der Waals surface area contributed by atoms with E-state index in [4.69, 9.17) is 9.57 Å². The minimum atomic E-state index is 0.0483. The monoisotopic (exact) mass is 171 g/mol. The highest BCUT2D eigenvalue weighted by Crippen LogP contribution is 2.49. The summed E-state index contributed by atoms with van der Waals surface area (Å²) in [5.41, 5.74) is 0. The number of nitrogens with zero attached hydrogens (tertiary/aromatic N) is 1. The van der Waals surface area contributed by atoms with Gasteiger partial charge in [0.1, 0.15) is 0 Å². The fourth-order valence-corrected chi connectivity index (χ4v) is 1.88. The number of rotatable bonds is 2. The Labute approximate surface area is 71.4 Å². The van der Waals surface area contributed by atoms with Crippen LogP contribution in [0.4, 0.5) is 0 Å². The van der Waals surface area contributed by atoms with Gasteiger partial charge in [-0.3, -0.25) is 9.63 Å². The Morgan fingerprint density at radius 3 is 2.92 bits per heavy atom. The number of fused-ring (bicyclic) bond motifs is 1. The van der Waals surface area contributed by atoms with E-state index in [1.807, 2.05) is 0 Å². The van der Waals surface area contributed by atoms with Gasteiger partial charge in [0, 0.05) is 19.6 Å². The van der Waals surface area contributed by atoms with Crippen LogP contribution in [0.5, 0.6) is 0 Å². The van der Waals surface area contributed by atoms with Gasteiger partial charge in [0.05, 0.1) is 19.1 Å². The van der Waals surface area contributed by atoms with Gasteiger partial charge in [0.2, 0.25) is 0 Å². The molecule has 12 heavy (non-hydrogen) atoms. The number of amides is 1. The minimum Gasteiger partial charge on any atom is -0.377 e. The average Bonchev–Trinajstić information content (AvgIpc) is 2.56. The van der Waals surface area contributed by atoms with Gasteiger partial charge in [-0.15, -0.1) is 0 Å². The Balaban J connectivity index is 1.91. The minimum absolute atomic E-state index is 0.0483. The third-order valence-electron chi connectivity index (χ3n) is 2.73. The van der Waals surface area contributed by atoms with Crippen LogP contribution >= 0.6 is 0 Å². The lowest BCUT2D eigenvalue weighted by atomic mass is 10.2. The van der Waals surface area contributed by atoms with Crippen LogP contribution in [-0.4, -0.2) is 37.8 Å². The Morgan fingerprint density at radius 2 is 2.42 bits per heavy atom. The second-order valence-corrected chi connectivity index (χ2v) is 3.33. The first-order chi connectivity index (χ1) is 5.75. The molecule has 0 radical (unpaired) electrons. The van der Waals surface area contributed by atoms with E-state index in [1.54, 1.807) is 7.05 Å². The summed E-state index contributed by atoms with van der Waals surface area (Å²) in [4.78, 5) is 16.3. The van der Waals surface area contributed by atoms with Crippen molar-refractivity contribution in [2.45, 2.75) is 12.5 Å². The fourth-order valence-electron chi connectivity index (χ4n) is 1.88. The molecule has 4 heteroatoms. The van der Waals surface area contributed by atoms with Crippen LogP contribution in [0.15, 0.2) is 0 Å². The lowest BCUT2D eigenvalue weighted by Gasteiger charge is -2.14. The first-order valence-corrected chi connectivity index (χ1v) is 4.19. The summed E-state index contributed by atoms with van der Waals surface area (Å²) in [6.07, 6.45) is 1.22. The molecule has 1 aliphatic heterocycles. The van der Waals surface area contributed by atoms with Gasteiger partial charge in [-0.05, 0) is 6.42 Å². The molecule has 1 saturated heterocycles. The average molecular weight is 171 g/mol. The molecule has 0 aromatic rings. The molecule has 2 rings (SSSR count). The van der Waals surface area contributed by atoms with Crippen LogP contribution in [0.2, 0.25) is 0 Å². The molecule has 0 spiro atoms. The highest BCUT2D eigenvalue weighted by atomic mass is 16.7. The van der Waals surface area contributed by atoms with Crippen LogP contribution in [0.25, 0.3) is 0 Å². The Bertz CT molecular complexity index is 196. The smallest absolute Gasteiger partial charge is 0.251 e. The zero-order valence-corrected chi connectivity index (χ0v) is 7.32. The van der Waals surface area contributed by atoms with Crippen molar-refractivity contribution in [3.8, 4) is 0 Å². The van der Waals surface area contributed by atoms with Crippen molar-refractivity contribution >= 4 is 5.91 Å². The maximum atomic E-state index is 11.5. The van der Waals surface area contributed by atoms with Gasteiger partial charge in [-0.1, -0.05) is 0 Å². The van der Waals surface area contributed by atoms with Crippen LogP contribution in [0.3, 0.4) is 0 Å². The molecule has 2 aliphatic rings. The van der Waals surface area contributed by atoms with Gasteiger partial charge in [-0.2, -0.15) is 0 Å². The molecule has 1 amide bonds. The maximum Gasteiger partial charge on any atom is 0.251 e. The molecular weight excluding hydrogens is 158 g/mol. The Kier molecular flexibility index (Phi) is 1.81. The van der Waals surface area contributed by atoms with Gasteiger partial charge < -0.3 is 4.74 Å². The van der Waals surface area contributed by atoms with E-state index < -0.39 is 0 Å². The molecule has 1 heterocycles. The topological polar surface area (TPSA) is 38.8 Å². The van der Waals surface area contributed by atoms with Gasteiger partial charge in [-0.25, -0.2) is 5.06 Å². The number of hydrogen-bond donors (Lipinski definition) is 0. The maximum absolute atomic E-state index is 11.5. The summed E-state index contributed by atoms with van der Waals surface area (Å²) in [7, 11) is 3.13. The SMILES string of the molecule is CON(C)C(=O)C1C2CCOC21. The van der Waals surface area contributed by atoms with Crippen LogP contribution in [-0.2, 0) is 14.4 Å². The van der Waals surface area contributed by atoms with E-state index in [0.717, 1.165) is 13.0 Å². The van der Waals surface area contributed by atoms with E-state index in [2.05, 4.69) is 0 Å². The molecular formula is C8H13NO3. The van der Waals surface area contributed by atoms with Crippen molar-refractivity contribution in [3.05, 3.63) is 0 Å². The lowest BCUT2D eigenvalue weighted by molar-refractivity contribution is -0.171. The zero-order chi connectivity index (χ0) is 8.72. The van der Waals surface area contributed by atoms with Crippen molar-refractivity contribution < 1.29 is 14.4 Å². The Morgan fingerprint density at radius 1 is 1.67 bits per heavy atom. The predicted octanol–water partition coefficient (Wildman–Crippen LogP) is 0.0411. The van der Waals surface area contributed by atoms with E-state index in [0.29, 0.717) is 5.92 Å². The van der Waals surface area contributed by atoms with Crippen molar-refractivity contribution in [3.63, 3.8) is 0 Å². The molecule has 0 aromatic carbocycles. The van der Waals surface area contributed by atoms with E-state index in [-0.39, 0.29) is 17.9 Å². The summed E-state index contributed by atoms with van der Waals surface area (Å²) in [6, 6.07) is 0. The first kappa shape index (κ1) is 8.01. The number of hydroxylamine groups is 2. The third kappa shape index (κ3) is 1.03. The van der Waals surface area contributed by atoms with E-state index >= 15 is 0 Å². The zero-order valence-electron chi connectivity index (χ0n) is 7.32. The molecule has 2 fully saturated rings. The third-order valence-corrected chi connectivity index (χ3v) is 2.73. The second kappa shape index (κ2) is 2.71. The van der Waals surface area contributed by atoms with Crippen LogP contribution in [0, 0.1) is 11.8 Å². The molecule has 4 nitrogen and oxygen atoms in total. The summed E-state index contributed by atoms with van der Waals surface area (Å²) >= 11 is 0. The number of ether oxygens (including phenoxy) is 1. The number of carbonyl (C=O) groups excluding carboxylic acids is 1. The summed E-state index contributed by atoms with van der Waals surface area (Å²) in [5, 5.41) is 1.28. The number of carbonyl (C=O) groups is 1. The molecule has 3 unspecified atom stereocenters. The normalized spacial score (nSPS) is 37.7. The molecule has 1 aliphatic carbocycles. The van der Waals surface area contributed by atoms with Crippen LogP contribution in [0.1, 0.15) is 6.42 Å². The second-order valence-electron chi connectivity index (χ2n) is 3.33. The largest absolute Gasteiger partial charge is 0.377 e. The van der Waals surface area contributed by atoms with Gasteiger partial charge in [0.15, 0.2) is 0 Å². The summed E-state index contributed by atoms with van der Waals surface area (Å²) in [5.74, 6) is 0.589. The quantitative estimate of drug-likeness (QED) is 0.551. The van der Waals surface area contributed by atoms with Gasteiger partial charge in [0.25, 0.3) is 5.91 Å². The number of hydrogen-bond acceptors (Lipinski definition) is 3. The Hall–Kier alpha value is -0.610. The fraction of sp³-hybridized carbons (Fsp3) is 0.875. The summed E-state index contributed by atoms with van der Waals surface area (Å²) < 4.78 is 5.35. The van der Waals surface area contributed by atoms with Crippen molar-refractivity contribution in [1.29, 1.82) is 0 Å². The molecule has 3 atom stereocenters. The van der Waals surface area contributed by atoms with Crippen molar-refractivity contribution in [1.82, 2.24) is 5.06 Å².